The van der Waals surface area contributed by atoms with E-state index in [2.05, 4.69) is 25.3 Å². The maximum atomic E-state index is 14.6. The van der Waals surface area contributed by atoms with Crippen LogP contribution in [-0.4, -0.2) is 27.0 Å². The second-order valence-corrected chi connectivity index (χ2v) is 6.60. The number of rotatable bonds is 6. The predicted molar refractivity (Wildman–Crippen MR) is 106 cm³/mol. The highest BCUT2D eigenvalue weighted by Gasteiger charge is 2.14. The number of hydrogen-bond acceptors (Lipinski definition) is 5. The first-order valence-corrected chi connectivity index (χ1v) is 9.01. The Morgan fingerprint density at radius 1 is 1.11 bits per heavy atom. The lowest BCUT2D eigenvalue weighted by Gasteiger charge is -2.09. The van der Waals surface area contributed by atoms with Gasteiger partial charge in [0, 0.05) is 29.7 Å². The number of methoxy groups -OCH3 is 1. The van der Waals surface area contributed by atoms with Crippen molar-refractivity contribution in [2.24, 2.45) is 0 Å². The number of nitrogens with zero attached hydrogens (tertiary/aromatic N) is 3. The van der Waals surface area contributed by atoms with Gasteiger partial charge in [0.1, 0.15) is 17.8 Å². The molecule has 4 aromatic rings. The van der Waals surface area contributed by atoms with E-state index in [9.17, 15) is 4.39 Å². The van der Waals surface area contributed by atoms with Crippen LogP contribution in [0.15, 0.2) is 48.9 Å². The Balaban J connectivity index is 1.53. The fourth-order valence-corrected chi connectivity index (χ4v) is 3.22. The van der Waals surface area contributed by atoms with Crippen LogP contribution in [0.4, 0.5) is 10.2 Å². The summed E-state index contributed by atoms with van der Waals surface area (Å²) < 4.78 is 19.9. The van der Waals surface area contributed by atoms with Gasteiger partial charge in [-0.05, 0) is 23.3 Å². The zero-order valence-corrected chi connectivity index (χ0v) is 15.8. The predicted octanol–water partition coefficient (Wildman–Crippen LogP) is 4.36. The molecule has 2 N–H and O–H groups in total. The number of ether oxygens (including phenoxy) is 1. The summed E-state index contributed by atoms with van der Waals surface area (Å²) in [5, 5.41) is 4.49. The van der Waals surface area contributed by atoms with Gasteiger partial charge in [0.25, 0.3) is 0 Å². The molecule has 0 atom stereocenters. The molecule has 0 radical (unpaired) electrons. The lowest BCUT2D eigenvalue weighted by Crippen LogP contribution is -2.04. The van der Waals surface area contributed by atoms with Gasteiger partial charge in [-0.15, -0.1) is 0 Å². The number of hydrogen-bond donors (Lipinski definition) is 2. The minimum absolute atomic E-state index is 0.341. The monoisotopic (exact) mass is 397 g/mol. The normalized spacial score (nSPS) is 11.0. The van der Waals surface area contributed by atoms with Gasteiger partial charge in [0.15, 0.2) is 0 Å². The molecule has 0 saturated heterocycles. The number of aromatic amines is 1. The van der Waals surface area contributed by atoms with Crippen LogP contribution in [0.2, 0.25) is 5.02 Å². The molecule has 0 fully saturated rings. The van der Waals surface area contributed by atoms with Crippen molar-refractivity contribution in [2.45, 2.75) is 13.0 Å². The number of fused-ring (bicyclic) bond motifs is 1. The van der Waals surface area contributed by atoms with Crippen molar-refractivity contribution >= 4 is 28.5 Å². The molecule has 3 heterocycles. The zero-order valence-electron chi connectivity index (χ0n) is 15.0. The molecule has 142 valence electrons. The van der Waals surface area contributed by atoms with E-state index in [1.165, 1.54) is 6.33 Å². The van der Waals surface area contributed by atoms with Gasteiger partial charge in [-0.3, -0.25) is 0 Å². The largest absolute Gasteiger partial charge is 0.480 e. The fourth-order valence-electron chi connectivity index (χ4n) is 3.02. The molecule has 6 nitrogen and oxygen atoms in total. The van der Waals surface area contributed by atoms with E-state index in [1.54, 1.807) is 25.4 Å². The molecule has 0 spiro atoms. The summed E-state index contributed by atoms with van der Waals surface area (Å²) in [5.74, 6) is 0.364. The standard InChI is InChI=1S/C20H17ClFN5O/c1-28-20-17-14(10-24-19(17)25-11-26-20)8-12-6-7-16(27-18(12)22)23-9-13-4-2-3-5-15(13)21/h2-7,10-11H,8-9H2,1H3,(H,23,27)(H,24,25,26). The molecule has 8 heteroatoms. The average Bonchev–Trinajstić information content (AvgIpc) is 3.12. The number of halogens is 2. The number of anilines is 1. The fraction of sp³-hybridized carbons (Fsp3) is 0.150. The third kappa shape index (κ3) is 3.61. The lowest BCUT2D eigenvalue weighted by atomic mass is 10.1. The Morgan fingerprint density at radius 2 is 1.96 bits per heavy atom. The van der Waals surface area contributed by atoms with Crippen molar-refractivity contribution in [1.82, 2.24) is 19.9 Å². The van der Waals surface area contributed by atoms with Crippen LogP contribution in [0.1, 0.15) is 16.7 Å². The molecule has 0 aliphatic heterocycles. The van der Waals surface area contributed by atoms with Gasteiger partial charge in [-0.25, -0.2) is 15.0 Å². The first-order valence-electron chi connectivity index (χ1n) is 8.63. The summed E-state index contributed by atoms with van der Waals surface area (Å²) in [7, 11) is 1.54. The van der Waals surface area contributed by atoms with Crippen LogP contribution < -0.4 is 10.1 Å². The van der Waals surface area contributed by atoms with Crippen molar-refractivity contribution in [3.05, 3.63) is 76.6 Å². The average molecular weight is 398 g/mol. The first kappa shape index (κ1) is 18.2. The highest BCUT2D eigenvalue weighted by atomic mass is 35.5. The summed E-state index contributed by atoms with van der Waals surface area (Å²) in [6, 6.07) is 11.0. The number of H-pyrrole nitrogens is 1. The third-order valence-electron chi connectivity index (χ3n) is 4.43. The van der Waals surface area contributed by atoms with Crippen molar-refractivity contribution in [2.75, 3.05) is 12.4 Å². The zero-order chi connectivity index (χ0) is 19.5. The second kappa shape index (κ2) is 7.82. The van der Waals surface area contributed by atoms with Crippen LogP contribution in [0.3, 0.4) is 0 Å². The van der Waals surface area contributed by atoms with Gasteiger partial charge in [0.2, 0.25) is 11.8 Å². The molecule has 0 bridgehead atoms. The summed E-state index contributed by atoms with van der Waals surface area (Å²) >= 11 is 6.14. The van der Waals surface area contributed by atoms with E-state index in [1.807, 2.05) is 24.3 Å². The van der Waals surface area contributed by atoms with Gasteiger partial charge in [-0.1, -0.05) is 35.9 Å². The van der Waals surface area contributed by atoms with E-state index in [0.29, 0.717) is 40.9 Å². The highest BCUT2D eigenvalue weighted by molar-refractivity contribution is 6.31. The van der Waals surface area contributed by atoms with Gasteiger partial charge in [0.05, 0.1) is 12.5 Å². The third-order valence-corrected chi connectivity index (χ3v) is 4.80. The minimum Gasteiger partial charge on any atom is -0.480 e. The molecule has 28 heavy (non-hydrogen) atoms. The van der Waals surface area contributed by atoms with E-state index in [-0.39, 0.29) is 0 Å². The van der Waals surface area contributed by atoms with Crippen LogP contribution in [-0.2, 0) is 13.0 Å². The molecular weight excluding hydrogens is 381 g/mol. The van der Waals surface area contributed by atoms with Crippen molar-refractivity contribution < 1.29 is 9.13 Å². The molecule has 0 amide bonds. The number of pyridine rings is 1. The highest BCUT2D eigenvalue weighted by Crippen LogP contribution is 2.27. The van der Waals surface area contributed by atoms with Gasteiger partial charge < -0.3 is 15.0 Å². The van der Waals surface area contributed by atoms with Crippen LogP contribution in [0.25, 0.3) is 11.0 Å². The molecule has 0 unspecified atom stereocenters. The number of benzene rings is 1. The van der Waals surface area contributed by atoms with Crippen molar-refractivity contribution in [3.63, 3.8) is 0 Å². The van der Waals surface area contributed by atoms with E-state index < -0.39 is 5.95 Å². The molecule has 0 saturated carbocycles. The van der Waals surface area contributed by atoms with Gasteiger partial charge >= 0.3 is 0 Å². The second-order valence-electron chi connectivity index (χ2n) is 6.19. The number of nitrogens with one attached hydrogen (secondary N) is 2. The minimum atomic E-state index is -0.533. The van der Waals surface area contributed by atoms with Crippen molar-refractivity contribution in [1.29, 1.82) is 0 Å². The smallest absolute Gasteiger partial charge is 0.226 e. The summed E-state index contributed by atoms with van der Waals surface area (Å²) in [6.45, 7) is 0.461. The summed E-state index contributed by atoms with van der Waals surface area (Å²) in [4.78, 5) is 15.4. The molecule has 3 aromatic heterocycles. The van der Waals surface area contributed by atoms with E-state index >= 15 is 0 Å². The molecule has 0 aliphatic carbocycles. The molecule has 4 rings (SSSR count). The Bertz CT molecular complexity index is 1130. The molecule has 1 aromatic carbocycles. The maximum absolute atomic E-state index is 14.6. The first-order chi connectivity index (χ1) is 13.7. The Kier molecular flexibility index (Phi) is 5.08. The van der Waals surface area contributed by atoms with Crippen molar-refractivity contribution in [3.8, 4) is 5.88 Å². The Morgan fingerprint density at radius 3 is 2.75 bits per heavy atom. The molecule has 0 aliphatic rings. The number of aromatic nitrogens is 4. The molecular formula is C20H17ClFN5O. The van der Waals surface area contributed by atoms with E-state index in [0.717, 1.165) is 16.5 Å². The summed E-state index contributed by atoms with van der Waals surface area (Å²) in [6.07, 6.45) is 3.54. The quantitative estimate of drug-likeness (QED) is 0.473. The maximum Gasteiger partial charge on any atom is 0.226 e. The van der Waals surface area contributed by atoms with E-state index in [4.69, 9.17) is 16.3 Å². The topological polar surface area (TPSA) is 75.7 Å². The van der Waals surface area contributed by atoms with Crippen LogP contribution >= 0.6 is 11.6 Å². The summed E-state index contributed by atoms with van der Waals surface area (Å²) in [5.41, 5.74) is 2.87. The van der Waals surface area contributed by atoms with Crippen LogP contribution in [0.5, 0.6) is 5.88 Å². The Hall–Kier alpha value is -3.19. The van der Waals surface area contributed by atoms with Crippen LogP contribution in [0, 0.1) is 5.95 Å². The lowest BCUT2D eigenvalue weighted by molar-refractivity contribution is 0.402. The van der Waals surface area contributed by atoms with Gasteiger partial charge in [-0.2, -0.15) is 4.39 Å². The SMILES string of the molecule is COc1ncnc2[nH]cc(Cc3ccc(NCc4ccccc4Cl)nc3F)c12. The Labute approximate surface area is 165 Å².